The first-order valence-electron chi connectivity index (χ1n) is 9.38. The molecule has 9 heteroatoms. The first-order valence-corrected chi connectivity index (χ1v) is 9.38. The zero-order valence-corrected chi connectivity index (χ0v) is 15.9. The molecule has 2 aliphatic rings. The van der Waals surface area contributed by atoms with Crippen molar-refractivity contribution in [3.05, 3.63) is 29.8 Å². The Kier molecular flexibility index (Phi) is 6.12. The highest BCUT2D eigenvalue weighted by molar-refractivity contribution is 5.79. The van der Waals surface area contributed by atoms with Gasteiger partial charge in [0.2, 0.25) is 11.8 Å². The molecule has 2 amide bonds. The van der Waals surface area contributed by atoms with E-state index in [1.807, 2.05) is 34.1 Å². The summed E-state index contributed by atoms with van der Waals surface area (Å²) in [6.07, 6.45) is -4.37. The summed E-state index contributed by atoms with van der Waals surface area (Å²) >= 11 is 0. The van der Waals surface area contributed by atoms with Crippen LogP contribution in [0.2, 0.25) is 0 Å². The Bertz CT molecular complexity index is 717. The molecule has 2 aliphatic heterocycles. The van der Waals surface area contributed by atoms with Crippen molar-refractivity contribution in [1.82, 2.24) is 14.7 Å². The molecular formula is C19H25F3N4O2. The molecule has 2 fully saturated rings. The van der Waals surface area contributed by atoms with Crippen LogP contribution in [0.3, 0.4) is 0 Å². The fourth-order valence-electron chi connectivity index (χ4n) is 3.73. The molecule has 3 rings (SSSR count). The van der Waals surface area contributed by atoms with Crippen molar-refractivity contribution in [2.45, 2.75) is 19.6 Å². The van der Waals surface area contributed by atoms with Gasteiger partial charge in [-0.1, -0.05) is 18.2 Å². The quantitative estimate of drug-likeness (QED) is 0.773. The number of rotatable bonds is 4. The van der Waals surface area contributed by atoms with Crippen LogP contribution in [0.5, 0.6) is 0 Å². The first-order chi connectivity index (χ1) is 13.2. The number of carbonyl (C=O) groups is 2. The molecule has 2 heterocycles. The van der Waals surface area contributed by atoms with Crippen molar-refractivity contribution in [2.75, 3.05) is 57.3 Å². The second-order valence-corrected chi connectivity index (χ2v) is 7.26. The van der Waals surface area contributed by atoms with E-state index in [0.717, 1.165) is 29.2 Å². The molecule has 0 saturated carbocycles. The maximum Gasteiger partial charge on any atom is 0.406 e. The van der Waals surface area contributed by atoms with Crippen LogP contribution in [0.1, 0.15) is 12.5 Å². The number of carbonyl (C=O) groups excluding carboxylic acids is 2. The van der Waals surface area contributed by atoms with Gasteiger partial charge in [-0.2, -0.15) is 13.2 Å². The van der Waals surface area contributed by atoms with Crippen molar-refractivity contribution in [2.24, 2.45) is 0 Å². The van der Waals surface area contributed by atoms with Crippen LogP contribution in [0, 0.1) is 0 Å². The van der Waals surface area contributed by atoms with Gasteiger partial charge in [0.05, 0.1) is 6.54 Å². The van der Waals surface area contributed by atoms with Crippen molar-refractivity contribution < 1.29 is 22.8 Å². The third-order valence-electron chi connectivity index (χ3n) is 5.22. The first kappa shape index (κ1) is 20.4. The molecule has 6 nitrogen and oxygen atoms in total. The molecule has 0 aromatic heterocycles. The lowest BCUT2D eigenvalue weighted by Crippen LogP contribution is -2.52. The minimum absolute atomic E-state index is 0.0114. The van der Waals surface area contributed by atoms with E-state index in [1.165, 1.54) is 0 Å². The summed E-state index contributed by atoms with van der Waals surface area (Å²) in [5.74, 6) is -0.417. The highest BCUT2D eigenvalue weighted by Crippen LogP contribution is 2.24. The highest BCUT2D eigenvalue weighted by Gasteiger charge is 2.35. The molecule has 1 aromatic rings. The number of para-hydroxylation sites is 1. The van der Waals surface area contributed by atoms with Gasteiger partial charge in [-0.25, -0.2) is 0 Å². The van der Waals surface area contributed by atoms with E-state index >= 15 is 0 Å². The van der Waals surface area contributed by atoms with Crippen molar-refractivity contribution in [1.29, 1.82) is 0 Å². The Morgan fingerprint density at radius 2 is 1.71 bits per heavy atom. The fraction of sp³-hybridized carbons (Fsp3) is 0.579. The number of hydrogen-bond donors (Lipinski definition) is 0. The molecule has 0 N–H and O–H groups in total. The normalized spacial score (nSPS) is 19.3. The lowest BCUT2D eigenvalue weighted by atomic mass is 10.1. The lowest BCUT2D eigenvalue weighted by molar-refractivity contribution is -0.165. The lowest BCUT2D eigenvalue weighted by Gasteiger charge is -2.38. The predicted octanol–water partition coefficient (Wildman–Crippen LogP) is 1.56. The summed E-state index contributed by atoms with van der Waals surface area (Å²) in [6.45, 7) is 4.17. The molecule has 0 aliphatic carbocycles. The van der Waals surface area contributed by atoms with Crippen molar-refractivity contribution in [3.63, 3.8) is 0 Å². The van der Waals surface area contributed by atoms with Crippen LogP contribution in [0.4, 0.5) is 18.9 Å². The topological polar surface area (TPSA) is 47.1 Å². The number of alkyl halides is 3. The van der Waals surface area contributed by atoms with Gasteiger partial charge in [-0.15, -0.1) is 0 Å². The van der Waals surface area contributed by atoms with E-state index in [-0.39, 0.29) is 19.0 Å². The van der Waals surface area contributed by atoms with Gasteiger partial charge in [-0.05, 0) is 11.6 Å². The highest BCUT2D eigenvalue weighted by atomic mass is 19.4. The Morgan fingerprint density at radius 1 is 1.04 bits per heavy atom. The number of amides is 2. The standard InChI is InChI=1S/C19H25F3N4O2/c1-15(27)24-8-10-25(11-9-24)17-5-3-2-4-16(17)12-23-6-7-26(18(28)13-23)14-19(20,21)22/h2-5H,6-14H2,1H3. The maximum absolute atomic E-state index is 12.6. The smallest absolute Gasteiger partial charge is 0.368 e. The number of piperazine rings is 2. The molecule has 28 heavy (non-hydrogen) atoms. The van der Waals surface area contributed by atoms with Gasteiger partial charge in [0, 0.05) is 58.4 Å². The molecule has 0 bridgehead atoms. The molecule has 0 spiro atoms. The van der Waals surface area contributed by atoms with Crippen molar-refractivity contribution in [3.8, 4) is 0 Å². The van der Waals surface area contributed by atoms with Crippen LogP contribution < -0.4 is 4.90 Å². The van der Waals surface area contributed by atoms with Gasteiger partial charge in [0.1, 0.15) is 6.54 Å². The molecule has 2 saturated heterocycles. The summed E-state index contributed by atoms with van der Waals surface area (Å²) < 4.78 is 37.7. The Labute approximate surface area is 162 Å². The Morgan fingerprint density at radius 3 is 2.32 bits per heavy atom. The zero-order valence-electron chi connectivity index (χ0n) is 15.9. The van der Waals surface area contributed by atoms with Crippen LogP contribution in [0.25, 0.3) is 0 Å². The monoisotopic (exact) mass is 398 g/mol. The van der Waals surface area contributed by atoms with Crippen molar-refractivity contribution >= 4 is 17.5 Å². The maximum atomic E-state index is 12.6. The number of halogens is 3. The average molecular weight is 398 g/mol. The summed E-state index contributed by atoms with van der Waals surface area (Å²) in [4.78, 5) is 30.4. The van der Waals surface area contributed by atoms with Crippen LogP contribution in [-0.2, 0) is 16.1 Å². The Balaban J connectivity index is 1.62. The minimum atomic E-state index is -4.37. The second-order valence-electron chi connectivity index (χ2n) is 7.26. The predicted molar refractivity (Wildman–Crippen MR) is 98.8 cm³/mol. The van der Waals surface area contributed by atoms with E-state index in [0.29, 0.717) is 26.2 Å². The third kappa shape index (κ3) is 5.15. The molecule has 0 radical (unpaired) electrons. The van der Waals surface area contributed by atoms with Gasteiger partial charge >= 0.3 is 6.18 Å². The second kappa shape index (κ2) is 8.38. The molecule has 0 atom stereocenters. The number of nitrogens with zero attached hydrogens (tertiary/aromatic N) is 4. The zero-order chi connectivity index (χ0) is 20.3. The van der Waals surface area contributed by atoms with E-state index in [1.54, 1.807) is 6.92 Å². The van der Waals surface area contributed by atoms with Crippen LogP contribution in [-0.4, -0.2) is 85.0 Å². The van der Waals surface area contributed by atoms with Gasteiger partial charge < -0.3 is 14.7 Å². The molecule has 0 unspecified atom stereocenters. The molecule has 1 aromatic carbocycles. The van der Waals surface area contributed by atoms with Gasteiger partial charge in [0.15, 0.2) is 0 Å². The summed E-state index contributed by atoms with van der Waals surface area (Å²) in [6, 6.07) is 7.87. The van der Waals surface area contributed by atoms with Gasteiger partial charge in [0.25, 0.3) is 0 Å². The van der Waals surface area contributed by atoms with E-state index in [2.05, 4.69) is 4.90 Å². The summed E-state index contributed by atoms with van der Waals surface area (Å²) in [5, 5.41) is 0. The Hall–Kier alpha value is -2.29. The number of anilines is 1. The SMILES string of the molecule is CC(=O)N1CCN(c2ccccc2CN2CCN(CC(F)(F)F)C(=O)C2)CC1. The third-order valence-corrected chi connectivity index (χ3v) is 5.22. The van der Waals surface area contributed by atoms with E-state index in [4.69, 9.17) is 0 Å². The average Bonchev–Trinajstić information content (AvgIpc) is 2.64. The fourth-order valence-corrected chi connectivity index (χ4v) is 3.73. The van der Waals surface area contributed by atoms with E-state index in [9.17, 15) is 22.8 Å². The minimum Gasteiger partial charge on any atom is -0.368 e. The number of benzene rings is 1. The van der Waals surface area contributed by atoms with Crippen LogP contribution >= 0.6 is 0 Å². The van der Waals surface area contributed by atoms with Gasteiger partial charge in [-0.3, -0.25) is 14.5 Å². The largest absolute Gasteiger partial charge is 0.406 e. The molecular weight excluding hydrogens is 373 g/mol. The number of hydrogen-bond acceptors (Lipinski definition) is 4. The van der Waals surface area contributed by atoms with Crippen LogP contribution in [0.15, 0.2) is 24.3 Å². The summed E-state index contributed by atoms with van der Waals surface area (Å²) in [5.41, 5.74) is 2.09. The van der Waals surface area contributed by atoms with E-state index < -0.39 is 18.6 Å². The summed E-state index contributed by atoms with van der Waals surface area (Å²) in [7, 11) is 0. The molecule has 154 valence electrons.